The number of carbonyl (C=O) groups is 5. The summed E-state index contributed by atoms with van der Waals surface area (Å²) >= 11 is 0. The molecule has 2 aliphatic carbocycles. The molecule has 2 aliphatic rings. The molecule has 266 valence electrons. The first-order valence-electron chi connectivity index (χ1n) is 16.8. The summed E-state index contributed by atoms with van der Waals surface area (Å²) in [6.45, 7) is 11.9. The van der Waals surface area contributed by atoms with Crippen molar-refractivity contribution >= 4 is 29.8 Å². The second kappa shape index (κ2) is 17.8. The van der Waals surface area contributed by atoms with Crippen LogP contribution in [0.25, 0.3) is 0 Å². The van der Waals surface area contributed by atoms with Gasteiger partial charge in [0.15, 0.2) is 23.9 Å². The molecule has 0 aromatic carbocycles. The van der Waals surface area contributed by atoms with E-state index >= 15 is 0 Å². The normalized spacial score (nSPS) is 29.0. The van der Waals surface area contributed by atoms with Gasteiger partial charge in [-0.1, -0.05) is 52.5 Å². The molecule has 0 radical (unpaired) electrons. The molecule has 0 heterocycles. The van der Waals surface area contributed by atoms with Crippen LogP contribution < -0.4 is 0 Å². The summed E-state index contributed by atoms with van der Waals surface area (Å²) < 4.78 is 29.5. The van der Waals surface area contributed by atoms with Gasteiger partial charge in [-0.25, -0.2) is 4.79 Å². The van der Waals surface area contributed by atoms with E-state index in [1.54, 1.807) is 40.7 Å². The topological polar surface area (TPSA) is 172 Å². The van der Waals surface area contributed by atoms with Crippen molar-refractivity contribution in [3.05, 3.63) is 22.8 Å². The molecule has 0 unspecified atom stereocenters. The molecule has 0 aliphatic heterocycles. The molecule has 0 aromatic rings. The van der Waals surface area contributed by atoms with E-state index in [1.807, 2.05) is 0 Å². The van der Waals surface area contributed by atoms with E-state index in [0.717, 1.165) is 25.7 Å². The van der Waals surface area contributed by atoms with Crippen LogP contribution in [0.2, 0.25) is 0 Å². The first kappa shape index (κ1) is 39.9. The van der Waals surface area contributed by atoms with Gasteiger partial charge in [0.1, 0.15) is 11.7 Å². The SMILES string of the molecule is C/C=C(/C)C(=O)O[C@H]1C(C)=C2[C@H]([C@@H]1OC(=O)CCCCCCC)[C@@](C)(OC(C)=O)C[C@H](OC(=O)CCC)[C@](O)(CO)[C@H]2OC(=O)CC. The summed E-state index contributed by atoms with van der Waals surface area (Å²) in [6, 6.07) is 0. The highest BCUT2D eigenvalue weighted by atomic mass is 16.6. The average Bonchev–Trinajstić information content (AvgIpc) is 3.24. The molecule has 7 atom stereocenters. The van der Waals surface area contributed by atoms with Crippen molar-refractivity contribution in [2.24, 2.45) is 5.92 Å². The summed E-state index contributed by atoms with van der Waals surface area (Å²) in [4.78, 5) is 64.9. The lowest BCUT2D eigenvalue weighted by atomic mass is 9.79. The van der Waals surface area contributed by atoms with Crippen LogP contribution in [-0.4, -0.2) is 82.3 Å². The van der Waals surface area contributed by atoms with E-state index in [2.05, 4.69) is 6.92 Å². The maximum Gasteiger partial charge on any atom is 0.334 e. The lowest BCUT2D eigenvalue weighted by molar-refractivity contribution is -0.205. The summed E-state index contributed by atoms with van der Waals surface area (Å²) in [7, 11) is 0. The Kier molecular flexibility index (Phi) is 15.1. The van der Waals surface area contributed by atoms with Gasteiger partial charge in [0.05, 0.1) is 12.5 Å². The molecular formula is C35H54O12. The molecule has 12 nitrogen and oxygen atoms in total. The van der Waals surface area contributed by atoms with Crippen molar-refractivity contribution in [2.75, 3.05) is 6.61 Å². The maximum atomic E-state index is 13.4. The lowest BCUT2D eigenvalue weighted by Crippen LogP contribution is -2.58. The second-order valence-corrected chi connectivity index (χ2v) is 12.7. The number of aliphatic hydroxyl groups is 2. The fourth-order valence-corrected chi connectivity index (χ4v) is 6.42. The Morgan fingerprint density at radius 3 is 2.06 bits per heavy atom. The van der Waals surface area contributed by atoms with Crippen LogP contribution in [0.1, 0.15) is 120 Å². The molecule has 2 rings (SSSR count). The third kappa shape index (κ3) is 9.65. The summed E-state index contributed by atoms with van der Waals surface area (Å²) in [5, 5.41) is 23.0. The molecule has 0 spiro atoms. The second-order valence-electron chi connectivity index (χ2n) is 12.7. The minimum atomic E-state index is -2.42. The number of rotatable bonds is 16. The zero-order chi connectivity index (χ0) is 35.5. The smallest absolute Gasteiger partial charge is 0.334 e. The Morgan fingerprint density at radius 1 is 0.872 bits per heavy atom. The number of hydrogen-bond donors (Lipinski definition) is 2. The zero-order valence-corrected chi connectivity index (χ0v) is 29.2. The van der Waals surface area contributed by atoms with Gasteiger partial charge < -0.3 is 33.9 Å². The van der Waals surface area contributed by atoms with E-state index in [-0.39, 0.29) is 42.4 Å². The summed E-state index contributed by atoms with van der Waals surface area (Å²) in [5.41, 5.74) is -3.42. The van der Waals surface area contributed by atoms with E-state index in [9.17, 15) is 34.2 Å². The highest BCUT2D eigenvalue weighted by Crippen LogP contribution is 2.53. The highest BCUT2D eigenvalue weighted by molar-refractivity contribution is 5.88. The van der Waals surface area contributed by atoms with Crippen LogP contribution in [0.3, 0.4) is 0 Å². The Balaban J connectivity index is 2.85. The molecule has 0 aromatic heterocycles. The van der Waals surface area contributed by atoms with Crippen LogP contribution in [-0.2, 0) is 47.7 Å². The number of aliphatic hydroxyl groups excluding tert-OH is 1. The maximum absolute atomic E-state index is 13.4. The highest BCUT2D eigenvalue weighted by Gasteiger charge is 2.66. The van der Waals surface area contributed by atoms with Gasteiger partial charge >= 0.3 is 29.8 Å². The van der Waals surface area contributed by atoms with E-state index in [4.69, 9.17) is 23.7 Å². The molecule has 0 saturated heterocycles. The van der Waals surface area contributed by atoms with Gasteiger partial charge in [-0.2, -0.15) is 0 Å². The fraction of sp³-hybridized carbons (Fsp3) is 0.743. The minimum absolute atomic E-state index is 0.00628. The molecule has 1 fully saturated rings. The van der Waals surface area contributed by atoms with Crippen LogP contribution >= 0.6 is 0 Å². The number of ether oxygens (including phenoxy) is 5. The molecule has 12 heteroatoms. The van der Waals surface area contributed by atoms with Gasteiger partial charge in [0.25, 0.3) is 0 Å². The first-order valence-corrected chi connectivity index (χ1v) is 16.8. The predicted octanol–water partition coefficient (Wildman–Crippen LogP) is 4.57. The van der Waals surface area contributed by atoms with Crippen molar-refractivity contribution < 1.29 is 57.9 Å². The molecule has 0 bridgehead atoms. The van der Waals surface area contributed by atoms with Crippen LogP contribution in [0.4, 0.5) is 0 Å². The molecule has 47 heavy (non-hydrogen) atoms. The Hall–Kier alpha value is -3.25. The van der Waals surface area contributed by atoms with E-state index in [0.29, 0.717) is 12.8 Å². The summed E-state index contributed by atoms with van der Waals surface area (Å²) in [5.74, 6) is -4.60. The van der Waals surface area contributed by atoms with Crippen LogP contribution in [0.5, 0.6) is 0 Å². The van der Waals surface area contributed by atoms with Gasteiger partial charge in [0, 0.05) is 38.2 Å². The summed E-state index contributed by atoms with van der Waals surface area (Å²) in [6.07, 6.45) is 0.262. The number of unbranched alkanes of at least 4 members (excludes halogenated alkanes) is 4. The van der Waals surface area contributed by atoms with Crippen molar-refractivity contribution in [3.8, 4) is 0 Å². The van der Waals surface area contributed by atoms with E-state index < -0.39 is 78.0 Å². The Bertz CT molecular complexity index is 1200. The largest absolute Gasteiger partial charge is 0.459 e. The third-order valence-corrected chi connectivity index (χ3v) is 9.02. The van der Waals surface area contributed by atoms with Crippen molar-refractivity contribution in [1.82, 2.24) is 0 Å². The quantitative estimate of drug-likeness (QED) is 0.0774. The number of esters is 5. The van der Waals surface area contributed by atoms with Crippen LogP contribution in [0, 0.1) is 5.92 Å². The predicted molar refractivity (Wildman–Crippen MR) is 171 cm³/mol. The van der Waals surface area contributed by atoms with Gasteiger partial charge in [0.2, 0.25) is 0 Å². The molecule has 1 saturated carbocycles. The Labute approximate surface area is 278 Å². The molecule has 0 amide bonds. The van der Waals surface area contributed by atoms with Gasteiger partial charge in [-0.15, -0.1) is 0 Å². The monoisotopic (exact) mass is 666 g/mol. The zero-order valence-electron chi connectivity index (χ0n) is 29.2. The lowest BCUT2D eigenvalue weighted by Gasteiger charge is -2.40. The van der Waals surface area contributed by atoms with E-state index in [1.165, 1.54) is 13.8 Å². The number of hydrogen-bond acceptors (Lipinski definition) is 12. The average molecular weight is 667 g/mol. The standard InChI is InChI=1S/C35H54O12/c1-9-13-14-15-16-18-27(40)44-31-29-28(22(6)30(31)46-33(41)21(5)11-3)32(45-25(38)12-4)35(42,20-36)24(43-26(39)17-10-2)19-34(29,8)47-23(7)37/h11,24,29-32,36,42H,9-10,12-20H2,1-8H3/b21-11-/t24-,29+,30-,31-,32-,34-,35+/m0/s1. The number of fused-ring (bicyclic) bond motifs is 1. The van der Waals surface area contributed by atoms with Crippen molar-refractivity contribution in [1.29, 1.82) is 0 Å². The third-order valence-electron chi connectivity index (χ3n) is 9.02. The molecular weight excluding hydrogens is 612 g/mol. The van der Waals surface area contributed by atoms with Crippen LogP contribution in [0.15, 0.2) is 22.8 Å². The van der Waals surface area contributed by atoms with Gasteiger partial charge in [-0.05, 0) is 51.7 Å². The number of allylic oxidation sites excluding steroid dienone is 1. The fourth-order valence-electron chi connectivity index (χ4n) is 6.42. The minimum Gasteiger partial charge on any atom is -0.459 e. The molecule has 2 N–H and O–H groups in total. The first-order chi connectivity index (χ1) is 22.1. The van der Waals surface area contributed by atoms with Crippen molar-refractivity contribution in [2.45, 2.75) is 155 Å². The Morgan fingerprint density at radius 2 is 1.51 bits per heavy atom. The number of carbonyl (C=O) groups excluding carboxylic acids is 5. The van der Waals surface area contributed by atoms with Crippen molar-refractivity contribution in [3.63, 3.8) is 0 Å². The van der Waals surface area contributed by atoms with Gasteiger partial charge in [-0.3, -0.25) is 19.2 Å².